The third kappa shape index (κ3) is 2.83. The van der Waals surface area contributed by atoms with Gasteiger partial charge >= 0.3 is 0 Å². The second-order valence-electron chi connectivity index (χ2n) is 3.64. The molecule has 0 aliphatic rings. The number of hydrogen-bond donors (Lipinski definition) is 0. The summed E-state index contributed by atoms with van der Waals surface area (Å²) in [5, 5.41) is 21.4. The number of ketones is 1. The van der Waals surface area contributed by atoms with E-state index in [2.05, 4.69) is 0 Å². The number of nitro groups is 2. The summed E-state index contributed by atoms with van der Waals surface area (Å²) >= 11 is 0. The van der Waals surface area contributed by atoms with Gasteiger partial charge in [-0.1, -0.05) is 0 Å². The molecule has 0 fully saturated rings. The molecule has 0 saturated heterocycles. The quantitative estimate of drug-likeness (QED) is 0.588. The van der Waals surface area contributed by atoms with E-state index in [1.807, 2.05) is 0 Å². The van der Waals surface area contributed by atoms with Crippen molar-refractivity contribution < 1.29 is 14.6 Å². The van der Waals surface area contributed by atoms with Crippen molar-refractivity contribution in [1.29, 1.82) is 0 Å². The fourth-order valence-corrected chi connectivity index (χ4v) is 1.49. The van der Waals surface area contributed by atoms with Gasteiger partial charge in [0.05, 0.1) is 15.9 Å². The molecule has 0 N–H and O–H groups in total. The first-order valence-corrected chi connectivity index (χ1v) is 4.74. The van der Waals surface area contributed by atoms with E-state index >= 15 is 0 Å². The van der Waals surface area contributed by atoms with Gasteiger partial charge in [-0.3, -0.25) is 25.0 Å². The molecule has 7 heteroatoms. The van der Waals surface area contributed by atoms with Crippen LogP contribution in [-0.4, -0.2) is 15.6 Å². The second-order valence-corrected chi connectivity index (χ2v) is 3.64. The maximum absolute atomic E-state index is 11.0. The van der Waals surface area contributed by atoms with E-state index in [-0.39, 0.29) is 29.1 Å². The molecule has 0 radical (unpaired) electrons. The van der Waals surface area contributed by atoms with Gasteiger partial charge in [-0.2, -0.15) is 0 Å². The van der Waals surface area contributed by atoms with Crippen molar-refractivity contribution in [2.24, 2.45) is 0 Å². The Bertz CT molecular complexity index is 510. The van der Waals surface area contributed by atoms with Crippen molar-refractivity contribution in [2.45, 2.75) is 20.3 Å². The van der Waals surface area contributed by atoms with Crippen LogP contribution >= 0.6 is 0 Å². The molecule has 90 valence electrons. The molecular formula is C10H10N2O5. The molecule has 0 saturated carbocycles. The van der Waals surface area contributed by atoms with Gasteiger partial charge in [-0.15, -0.1) is 0 Å². The van der Waals surface area contributed by atoms with Gasteiger partial charge in [0, 0.05) is 18.1 Å². The van der Waals surface area contributed by atoms with Crippen LogP contribution in [0.1, 0.15) is 18.1 Å². The Labute approximate surface area is 96.4 Å². The van der Waals surface area contributed by atoms with Gasteiger partial charge in [0.15, 0.2) is 0 Å². The Morgan fingerprint density at radius 3 is 2.24 bits per heavy atom. The molecule has 17 heavy (non-hydrogen) atoms. The lowest BCUT2D eigenvalue weighted by Gasteiger charge is -2.04. The highest BCUT2D eigenvalue weighted by atomic mass is 16.6. The molecule has 0 unspecified atom stereocenters. The summed E-state index contributed by atoms with van der Waals surface area (Å²) in [5.74, 6) is -0.206. The Morgan fingerprint density at radius 1 is 1.24 bits per heavy atom. The zero-order valence-electron chi connectivity index (χ0n) is 9.30. The Balaban J connectivity index is 3.42. The van der Waals surface area contributed by atoms with Gasteiger partial charge in [0.1, 0.15) is 5.78 Å². The number of nitrogens with zero attached hydrogens (tertiary/aromatic N) is 2. The van der Waals surface area contributed by atoms with Crippen LogP contribution in [0.15, 0.2) is 12.1 Å². The largest absolute Gasteiger partial charge is 0.300 e. The first-order chi connectivity index (χ1) is 7.82. The van der Waals surface area contributed by atoms with Crippen molar-refractivity contribution in [3.63, 3.8) is 0 Å². The van der Waals surface area contributed by atoms with E-state index in [1.54, 1.807) is 0 Å². The van der Waals surface area contributed by atoms with Crippen LogP contribution in [0.3, 0.4) is 0 Å². The second kappa shape index (κ2) is 4.69. The normalized spacial score (nSPS) is 10.0. The van der Waals surface area contributed by atoms with E-state index in [0.29, 0.717) is 5.56 Å². The number of Topliss-reactive ketones (excluding diaryl/α,β-unsaturated/α-hetero) is 1. The smallest absolute Gasteiger partial charge is 0.279 e. The molecule has 0 amide bonds. The van der Waals surface area contributed by atoms with Crippen LogP contribution in [0, 0.1) is 27.2 Å². The van der Waals surface area contributed by atoms with Gasteiger partial charge < -0.3 is 0 Å². The number of hydrogen-bond acceptors (Lipinski definition) is 5. The summed E-state index contributed by atoms with van der Waals surface area (Å²) in [6.07, 6.45) is -0.0473. The summed E-state index contributed by atoms with van der Waals surface area (Å²) in [5.41, 5.74) is -0.108. The molecule has 0 aliphatic carbocycles. The fourth-order valence-electron chi connectivity index (χ4n) is 1.49. The van der Waals surface area contributed by atoms with Crippen LogP contribution in [0.5, 0.6) is 0 Å². The van der Waals surface area contributed by atoms with Crippen LogP contribution in [-0.2, 0) is 11.2 Å². The highest BCUT2D eigenvalue weighted by Crippen LogP contribution is 2.28. The first-order valence-electron chi connectivity index (χ1n) is 4.74. The standard InChI is InChI=1S/C10H10N2O5/c1-6(13)3-8-4-9(11(14)15)5-10(7(8)2)12(16)17/h4-5H,3H2,1-2H3. The molecule has 7 nitrogen and oxygen atoms in total. The summed E-state index contributed by atoms with van der Waals surface area (Å²) in [7, 11) is 0. The minimum atomic E-state index is -0.712. The SMILES string of the molecule is CC(=O)Cc1cc([N+](=O)[O-])cc([N+](=O)[O-])c1C. The third-order valence-corrected chi connectivity index (χ3v) is 2.32. The molecule has 0 heterocycles. The summed E-state index contributed by atoms with van der Waals surface area (Å²) in [6.45, 7) is 2.80. The monoisotopic (exact) mass is 238 g/mol. The Morgan fingerprint density at radius 2 is 1.82 bits per heavy atom. The molecule has 1 rings (SSSR count). The Kier molecular flexibility index (Phi) is 3.52. The van der Waals surface area contributed by atoms with Crippen LogP contribution in [0.4, 0.5) is 11.4 Å². The lowest BCUT2D eigenvalue weighted by molar-refractivity contribution is -0.394. The fraction of sp³-hybridized carbons (Fsp3) is 0.300. The molecular weight excluding hydrogens is 228 g/mol. The molecule has 0 atom stereocenters. The van der Waals surface area contributed by atoms with Gasteiger partial charge in [0.25, 0.3) is 11.4 Å². The number of rotatable bonds is 4. The first kappa shape index (κ1) is 12.8. The minimum Gasteiger partial charge on any atom is -0.300 e. The van der Waals surface area contributed by atoms with Gasteiger partial charge in [-0.05, 0) is 19.4 Å². The van der Waals surface area contributed by atoms with Crippen molar-refractivity contribution in [3.8, 4) is 0 Å². The van der Waals surface area contributed by atoms with Gasteiger partial charge in [-0.25, -0.2) is 0 Å². The van der Waals surface area contributed by atoms with Crippen molar-refractivity contribution in [1.82, 2.24) is 0 Å². The van der Waals surface area contributed by atoms with E-state index in [0.717, 1.165) is 6.07 Å². The summed E-state index contributed by atoms with van der Waals surface area (Å²) in [4.78, 5) is 30.9. The topological polar surface area (TPSA) is 103 Å². The number of carbonyl (C=O) groups is 1. The zero-order chi connectivity index (χ0) is 13.2. The minimum absolute atomic E-state index is 0.0473. The summed E-state index contributed by atoms with van der Waals surface area (Å²) in [6, 6.07) is 2.10. The number of non-ortho nitro benzene ring substituents is 1. The number of carbonyl (C=O) groups excluding carboxylic acids is 1. The molecule has 0 aromatic heterocycles. The predicted octanol–water partition coefficient (Wildman–Crippen LogP) is 1.94. The van der Waals surface area contributed by atoms with Crippen molar-refractivity contribution >= 4 is 17.2 Å². The van der Waals surface area contributed by atoms with Crippen molar-refractivity contribution in [3.05, 3.63) is 43.5 Å². The highest BCUT2D eigenvalue weighted by Gasteiger charge is 2.21. The highest BCUT2D eigenvalue weighted by molar-refractivity contribution is 5.79. The van der Waals surface area contributed by atoms with Gasteiger partial charge in [0.2, 0.25) is 0 Å². The molecule has 1 aromatic rings. The molecule has 1 aromatic carbocycles. The zero-order valence-corrected chi connectivity index (χ0v) is 9.30. The number of benzene rings is 1. The van der Waals surface area contributed by atoms with Crippen LogP contribution < -0.4 is 0 Å². The molecule has 0 aliphatic heterocycles. The van der Waals surface area contributed by atoms with E-state index in [4.69, 9.17) is 0 Å². The van der Waals surface area contributed by atoms with Crippen LogP contribution in [0.2, 0.25) is 0 Å². The average molecular weight is 238 g/mol. The summed E-state index contributed by atoms with van der Waals surface area (Å²) < 4.78 is 0. The lowest BCUT2D eigenvalue weighted by Crippen LogP contribution is -2.03. The van der Waals surface area contributed by atoms with E-state index < -0.39 is 9.85 Å². The van der Waals surface area contributed by atoms with Crippen LogP contribution in [0.25, 0.3) is 0 Å². The lowest BCUT2D eigenvalue weighted by atomic mass is 10.0. The Hall–Kier alpha value is -2.31. The third-order valence-electron chi connectivity index (χ3n) is 2.32. The number of nitro benzene ring substituents is 2. The maximum Gasteiger partial charge on any atom is 0.279 e. The maximum atomic E-state index is 11.0. The van der Waals surface area contributed by atoms with Crippen molar-refractivity contribution in [2.75, 3.05) is 0 Å². The average Bonchev–Trinajstić information content (AvgIpc) is 2.19. The molecule has 0 spiro atoms. The van der Waals surface area contributed by atoms with E-state index in [9.17, 15) is 25.0 Å². The predicted molar refractivity (Wildman–Crippen MR) is 58.9 cm³/mol. The molecule has 0 bridgehead atoms. The van der Waals surface area contributed by atoms with E-state index in [1.165, 1.54) is 19.9 Å².